The van der Waals surface area contributed by atoms with E-state index in [4.69, 9.17) is 5.10 Å². The van der Waals surface area contributed by atoms with E-state index in [1.165, 1.54) is 35.2 Å². The second kappa shape index (κ2) is 7.68. The molecule has 1 saturated carbocycles. The first-order chi connectivity index (χ1) is 14.9. The molecule has 1 fully saturated rings. The Morgan fingerprint density at radius 1 is 0.688 bits per heavy atom. The maximum absolute atomic E-state index is 4.78. The second-order valence-corrected chi connectivity index (χ2v) is 11.1. The van der Waals surface area contributed by atoms with Crippen LogP contribution >= 0.6 is 0 Å². The standard InChI is InChI=1S/C14H19N3.C12H17N3/c1-9-13-11(14(2,3)4)12(10-5-6-10)16-17(13)8-7-15-9;1-8-10(12(3,4)5)11-9(2)13-6-7-15(11)14-8/h7-8,10H,5-6H2,1-4H3;6-7H,1-5H3. The van der Waals surface area contributed by atoms with Gasteiger partial charge in [-0.1, -0.05) is 41.5 Å². The molecule has 0 saturated heterocycles. The van der Waals surface area contributed by atoms with Gasteiger partial charge in [-0.3, -0.25) is 9.97 Å². The summed E-state index contributed by atoms with van der Waals surface area (Å²) in [4.78, 5) is 8.75. The molecule has 6 heteroatoms. The van der Waals surface area contributed by atoms with Gasteiger partial charge in [0.05, 0.1) is 33.8 Å². The molecule has 0 unspecified atom stereocenters. The fourth-order valence-corrected chi connectivity index (χ4v) is 4.73. The summed E-state index contributed by atoms with van der Waals surface area (Å²) in [5.74, 6) is 0.684. The Kier molecular flexibility index (Phi) is 5.38. The van der Waals surface area contributed by atoms with Crippen LogP contribution < -0.4 is 0 Å². The van der Waals surface area contributed by atoms with E-state index in [1.54, 1.807) is 6.20 Å². The van der Waals surface area contributed by atoms with Crippen molar-refractivity contribution in [3.8, 4) is 0 Å². The molecule has 0 atom stereocenters. The van der Waals surface area contributed by atoms with Gasteiger partial charge in [-0.15, -0.1) is 0 Å². The average molecular weight is 433 g/mol. The average Bonchev–Trinajstić information content (AvgIpc) is 3.32. The summed E-state index contributed by atoms with van der Waals surface area (Å²) < 4.78 is 3.94. The topological polar surface area (TPSA) is 60.4 Å². The predicted octanol–water partition coefficient (Wildman–Crippen LogP) is 5.86. The Balaban J connectivity index is 0.000000155. The zero-order chi connectivity index (χ0) is 23.4. The maximum Gasteiger partial charge on any atom is 0.0914 e. The highest BCUT2D eigenvalue weighted by molar-refractivity contribution is 5.64. The monoisotopic (exact) mass is 432 g/mol. The lowest BCUT2D eigenvalue weighted by molar-refractivity contribution is 0.587. The van der Waals surface area contributed by atoms with Crippen LogP contribution in [0.4, 0.5) is 0 Å². The molecule has 32 heavy (non-hydrogen) atoms. The van der Waals surface area contributed by atoms with Crippen molar-refractivity contribution in [1.82, 2.24) is 29.2 Å². The van der Waals surface area contributed by atoms with Crippen LogP contribution in [0.2, 0.25) is 0 Å². The van der Waals surface area contributed by atoms with Gasteiger partial charge in [0, 0.05) is 41.8 Å². The first-order valence-electron chi connectivity index (χ1n) is 11.5. The van der Waals surface area contributed by atoms with Crippen LogP contribution in [-0.2, 0) is 10.8 Å². The molecule has 6 nitrogen and oxygen atoms in total. The van der Waals surface area contributed by atoms with E-state index in [9.17, 15) is 0 Å². The van der Waals surface area contributed by atoms with E-state index in [0.717, 1.165) is 22.6 Å². The minimum absolute atomic E-state index is 0.111. The Morgan fingerprint density at radius 3 is 1.62 bits per heavy atom. The number of rotatable bonds is 1. The minimum Gasteiger partial charge on any atom is -0.258 e. The van der Waals surface area contributed by atoms with Gasteiger partial charge in [0.25, 0.3) is 0 Å². The van der Waals surface area contributed by atoms with Gasteiger partial charge in [-0.05, 0) is 44.4 Å². The van der Waals surface area contributed by atoms with Gasteiger partial charge in [-0.2, -0.15) is 10.2 Å². The maximum atomic E-state index is 4.78. The van der Waals surface area contributed by atoms with Crippen LogP contribution in [0, 0.1) is 20.8 Å². The molecule has 1 aliphatic carbocycles. The Morgan fingerprint density at radius 2 is 1.16 bits per heavy atom. The molecule has 0 aliphatic heterocycles. The molecular formula is C26H36N6. The summed E-state index contributed by atoms with van der Waals surface area (Å²) in [6, 6.07) is 0. The molecule has 0 aromatic carbocycles. The molecule has 0 radical (unpaired) electrons. The Bertz CT molecular complexity index is 1280. The number of nitrogens with zero attached hydrogens (tertiary/aromatic N) is 6. The molecule has 0 amide bonds. The predicted molar refractivity (Wildman–Crippen MR) is 130 cm³/mol. The van der Waals surface area contributed by atoms with Crippen molar-refractivity contribution in [2.24, 2.45) is 0 Å². The smallest absolute Gasteiger partial charge is 0.0914 e. The zero-order valence-electron chi connectivity index (χ0n) is 21.0. The van der Waals surface area contributed by atoms with Gasteiger partial charge in [0.2, 0.25) is 0 Å². The van der Waals surface area contributed by atoms with Crippen molar-refractivity contribution in [3.05, 3.63) is 58.7 Å². The highest BCUT2D eigenvalue weighted by Crippen LogP contribution is 2.45. The molecule has 4 aromatic heterocycles. The molecule has 0 bridgehead atoms. The van der Waals surface area contributed by atoms with Gasteiger partial charge >= 0.3 is 0 Å². The van der Waals surface area contributed by atoms with Crippen molar-refractivity contribution in [3.63, 3.8) is 0 Å². The van der Waals surface area contributed by atoms with Crippen LogP contribution in [0.25, 0.3) is 11.0 Å². The summed E-state index contributed by atoms with van der Waals surface area (Å²) in [7, 11) is 0. The lowest BCUT2D eigenvalue weighted by atomic mass is 9.84. The Labute approximate surface area is 191 Å². The van der Waals surface area contributed by atoms with Gasteiger partial charge in [0.15, 0.2) is 0 Å². The lowest BCUT2D eigenvalue weighted by Crippen LogP contribution is -2.13. The molecule has 4 heterocycles. The molecular weight excluding hydrogens is 396 g/mol. The second-order valence-electron chi connectivity index (χ2n) is 11.1. The number of aryl methyl sites for hydroxylation is 3. The Hall–Kier alpha value is -2.76. The van der Waals surface area contributed by atoms with E-state index in [-0.39, 0.29) is 10.8 Å². The van der Waals surface area contributed by atoms with Crippen molar-refractivity contribution in [1.29, 1.82) is 0 Å². The van der Waals surface area contributed by atoms with Crippen LogP contribution in [-0.4, -0.2) is 29.2 Å². The SMILES string of the molecule is Cc1nccn2nc(C3CC3)c(C(C)(C)C)c12.Cc1nn2ccnc(C)c2c1C(C)(C)C. The summed E-state index contributed by atoms with van der Waals surface area (Å²) in [6.07, 6.45) is 10.1. The van der Waals surface area contributed by atoms with Crippen LogP contribution in [0.1, 0.15) is 94.2 Å². The molecule has 5 rings (SSSR count). The van der Waals surface area contributed by atoms with E-state index in [2.05, 4.69) is 70.5 Å². The normalized spacial score (nSPS) is 14.7. The molecule has 4 aromatic rings. The van der Waals surface area contributed by atoms with E-state index >= 15 is 0 Å². The third-order valence-electron chi connectivity index (χ3n) is 6.12. The lowest BCUT2D eigenvalue weighted by Gasteiger charge is -2.19. The quantitative estimate of drug-likeness (QED) is 0.378. The van der Waals surface area contributed by atoms with Crippen molar-refractivity contribution in [2.45, 2.75) is 91.9 Å². The summed E-state index contributed by atoms with van der Waals surface area (Å²) in [5, 5.41) is 9.30. The zero-order valence-corrected chi connectivity index (χ0v) is 21.0. The first-order valence-corrected chi connectivity index (χ1v) is 11.5. The minimum atomic E-state index is 0.111. The fourth-order valence-electron chi connectivity index (χ4n) is 4.73. The molecule has 1 aliphatic rings. The third-order valence-corrected chi connectivity index (χ3v) is 6.12. The van der Waals surface area contributed by atoms with Crippen molar-refractivity contribution in [2.75, 3.05) is 0 Å². The van der Waals surface area contributed by atoms with Crippen LogP contribution in [0.5, 0.6) is 0 Å². The third kappa shape index (κ3) is 4.03. The van der Waals surface area contributed by atoms with E-state index in [0.29, 0.717) is 5.92 Å². The van der Waals surface area contributed by atoms with Crippen molar-refractivity contribution >= 4 is 11.0 Å². The number of aromatic nitrogens is 6. The summed E-state index contributed by atoms with van der Waals surface area (Å²) in [5.41, 5.74) is 9.82. The van der Waals surface area contributed by atoms with Gasteiger partial charge in [0.1, 0.15) is 0 Å². The van der Waals surface area contributed by atoms with E-state index in [1.807, 2.05) is 34.5 Å². The van der Waals surface area contributed by atoms with Gasteiger partial charge in [-0.25, -0.2) is 9.03 Å². The van der Waals surface area contributed by atoms with Crippen LogP contribution in [0.15, 0.2) is 24.8 Å². The summed E-state index contributed by atoms with van der Waals surface area (Å²) >= 11 is 0. The number of hydrogen-bond acceptors (Lipinski definition) is 4. The molecule has 170 valence electrons. The van der Waals surface area contributed by atoms with Crippen LogP contribution in [0.3, 0.4) is 0 Å². The van der Waals surface area contributed by atoms with E-state index < -0.39 is 0 Å². The highest BCUT2D eigenvalue weighted by Gasteiger charge is 2.34. The number of fused-ring (bicyclic) bond motifs is 2. The molecule has 0 spiro atoms. The molecule has 0 N–H and O–H groups in total. The number of hydrogen-bond donors (Lipinski definition) is 0. The fraction of sp³-hybridized carbons (Fsp3) is 0.538. The largest absolute Gasteiger partial charge is 0.258 e. The van der Waals surface area contributed by atoms with Gasteiger partial charge < -0.3 is 0 Å². The van der Waals surface area contributed by atoms with Crippen molar-refractivity contribution < 1.29 is 0 Å². The summed E-state index contributed by atoms with van der Waals surface area (Å²) in [6.45, 7) is 19.6. The first kappa shape index (κ1) is 22.4. The highest BCUT2D eigenvalue weighted by atomic mass is 15.2.